The van der Waals surface area contributed by atoms with Gasteiger partial charge in [-0.2, -0.15) is 0 Å². The molecule has 0 bridgehead atoms. The maximum Gasteiger partial charge on any atom is 0.270 e. The zero-order valence-corrected chi connectivity index (χ0v) is 7.78. The molecule has 2 aromatic rings. The van der Waals surface area contributed by atoms with E-state index in [9.17, 15) is 14.9 Å². The number of hydrogen-bond donors (Lipinski definition) is 0. The summed E-state index contributed by atoms with van der Waals surface area (Å²) >= 11 is 1.33. The summed E-state index contributed by atoms with van der Waals surface area (Å²) in [6.45, 7) is 0. The van der Waals surface area contributed by atoms with Gasteiger partial charge in [0.05, 0.1) is 4.92 Å². The Hall–Kier alpha value is -1.75. The summed E-state index contributed by atoms with van der Waals surface area (Å²) in [6.07, 6.45) is 0.755. The molecular weight excluding hydrogens is 202 g/mol. The second-order valence-corrected chi connectivity index (χ2v) is 3.66. The van der Waals surface area contributed by atoms with E-state index in [1.807, 2.05) is 0 Å². The van der Waals surface area contributed by atoms with Crippen LogP contribution in [0.5, 0.6) is 0 Å². The topological polar surface area (TPSA) is 60.2 Å². The number of aldehydes is 1. The number of hydrogen-bond acceptors (Lipinski definition) is 4. The second kappa shape index (κ2) is 3.19. The molecule has 0 fully saturated rings. The van der Waals surface area contributed by atoms with Crippen molar-refractivity contribution in [3.63, 3.8) is 0 Å². The number of nitro benzene ring substituents is 1. The summed E-state index contributed by atoms with van der Waals surface area (Å²) in [5.74, 6) is 0. The van der Waals surface area contributed by atoms with Gasteiger partial charge in [-0.05, 0) is 6.07 Å². The highest BCUT2D eigenvalue weighted by atomic mass is 32.1. The summed E-state index contributed by atoms with van der Waals surface area (Å²) in [5.41, 5.74) is 0.636. The Labute approximate surface area is 82.9 Å². The SMILES string of the molecule is O=Cc1csc2cc([N+](=O)[O-])ccc12. The van der Waals surface area contributed by atoms with Gasteiger partial charge < -0.3 is 0 Å². The van der Waals surface area contributed by atoms with E-state index in [-0.39, 0.29) is 5.69 Å². The summed E-state index contributed by atoms with van der Waals surface area (Å²) in [6, 6.07) is 4.49. The van der Waals surface area contributed by atoms with Gasteiger partial charge in [0.25, 0.3) is 5.69 Å². The quantitative estimate of drug-likeness (QED) is 0.432. The van der Waals surface area contributed by atoms with Gasteiger partial charge in [0.15, 0.2) is 6.29 Å². The third kappa shape index (κ3) is 1.27. The van der Waals surface area contributed by atoms with Crippen molar-refractivity contribution in [2.45, 2.75) is 0 Å². The Morgan fingerprint density at radius 1 is 1.43 bits per heavy atom. The minimum atomic E-state index is -0.445. The van der Waals surface area contributed by atoms with Crippen LogP contribution in [-0.2, 0) is 0 Å². The minimum absolute atomic E-state index is 0.0526. The zero-order chi connectivity index (χ0) is 10.1. The molecule has 0 unspecified atom stereocenters. The van der Waals surface area contributed by atoms with Crippen LogP contribution in [0.3, 0.4) is 0 Å². The average molecular weight is 207 g/mol. The van der Waals surface area contributed by atoms with Crippen LogP contribution < -0.4 is 0 Å². The fourth-order valence-electron chi connectivity index (χ4n) is 1.24. The molecule has 0 aliphatic heterocycles. The van der Waals surface area contributed by atoms with Gasteiger partial charge in [-0.3, -0.25) is 14.9 Å². The molecule has 0 radical (unpaired) electrons. The van der Waals surface area contributed by atoms with Crippen LogP contribution in [0.15, 0.2) is 23.6 Å². The third-order valence-corrected chi connectivity index (χ3v) is 2.89. The Bertz CT molecular complexity index is 518. The Balaban J connectivity index is 2.68. The molecule has 2 rings (SSSR count). The van der Waals surface area contributed by atoms with Gasteiger partial charge in [0, 0.05) is 33.2 Å². The predicted molar refractivity (Wildman–Crippen MR) is 53.9 cm³/mol. The van der Waals surface area contributed by atoms with E-state index >= 15 is 0 Å². The first kappa shape index (κ1) is 8.83. The van der Waals surface area contributed by atoms with Crippen LogP contribution in [0.25, 0.3) is 10.1 Å². The van der Waals surface area contributed by atoms with Gasteiger partial charge in [-0.15, -0.1) is 11.3 Å². The standard InChI is InChI=1S/C9H5NO3S/c11-4-6-5-14-9-3-7(10(12)13)1-2-8(6)9/h1-5H. The van der Waals surface area contributed by atoms with Gasteiger partial charge in [-0.1, -0.05) is 0 Å². The molecule has 1 aromatic carbocycles. The number of nitro groups is 1. The number of non-ortho nitro benzene ring substituents is 1. The summed E-state index contributed by atoms with van der Waals surface area (Å²) in [7, 11) is 0. The molecule has 0 atom stereocenters. The first-order valence-corrected chi connectivity index (χ1v) is 4.71. The normalized spacial score (nSPS) is 10.3. The molecule has 0 amide bonds. The highest BCUT2D eigenvalue weighted by molar-refractivity contribution is 7.17. The highest BCUT2D eigenvalue weighted by Crippen LogP contribution is 2.28. The minimum Gasteiger partial charge on any atom is -0.298 e. The predicted octanol–water partition coefficient (Wildman–Crippen LogP) is 2.62. The van der Waals surface area contributed by atoms with Crippen molar-refractivity contribution in [3.05, 3.63) is 39.3 Å². The van der Waals surface area contributed by atoms with Gasteiger partial charge >= 0.3 is 0 Å². The van der Waals surface area contributed by atoms with Crippen LogP contribution in [0.4, 0.5) is 5.69 Å². The average Bonchev–Trinajstić information content (AvgIpc) is 2.59. The molecule has 70 valence electrons. The second-order valence-electron chi connectivity index (χ2n) is 2.75. The summed E-state index contributed by atoms with van der Waals surface area (Å²) in [5, 5.41) is 12.9. The zero-order valence-electron chi connectivity index (χ0n) is 6.97. The maximum atomic E-state index is 10.6. The van der Waals surface area contributed by atoms with Crippen LogP contribution in [0.2, 0.25) is 0 Å². The van der Waals surface area contributed by atoms with Crippen molar-refractivity contribution in [2.75, 3.05) is 0 Å². The molecular formula is C9H5NO3S. The van der Waals surface area contributed by atoms with Gasteiger partial charge in [0.2, 0.25) is 0 Å². The lowest BCUT2D eigenvalue weighted by atomic mass is 10.2. The van der Waals surface area contributed by atoms with Crippen molar-refractivity contribution in [3.8, 4) is 0 Å². The molecule has 0 saturated carbocycles. The molecule has 0 aliphatic carbocycles. The lowest BCUT2D eigenvalue weighted by Gasteiger charge is -1.91. The molecule has 0 aliphatic rings. The molecule has 14 heavy (non-hydrogen) atoms. The third-order valence-electron chi connectivity index (χ3n) is 1.93. The molecule has 0 saturated heterocycles. The Morgan fingerprint density at radius 2 is 2.21 bits per heavy atom. The first-order valence-electron chi connectivity index (χ1n) is 3.83. The van der Waals surface area contributed by atoms with Crippen molar-refractivity contribution in [1.29, 1.82) is 0 Å². The molecule has 0 spiro atoms. The number of benzene rings is 1. The van der Waals surface area contributed by atoms with Crippen LogP contribution in [0, 0.1) is 10.1 Å². The number of carbonyl (C=O) groups is 1. The first-order chi connectivity index (χ1) is 6.72. The smallest absolute Gasteiger partial charge is 0.270 e. The number of thiophene rings is 1. The van der Waals surface area contributed by atoms with E-state index in [1.165, 1.54) is 23.5 Å². The fourth-order valence-corrected chi connectivity index (χ4v) is 2.18. The summed E-state index contributed by atoms with van der Waals surface area (Å²) in [4.78, 5) is 20.6. The van der Waals surface area contributed by atoms with E-state index < -0.39 is 4.92 Å². The van der Waals surface area contributed by atoms with Crippen LogP contribution >= 0.6 is 11.3 Å². The van der Waals surface area contributed by atoms with Crippen molar-refractivity contribution in [1.82, 2.24) is 0 Å². The molecule has 5 heteroatoms. The van der Waals surface area contributed by atoms with E-state index in [1.54, 1.807) is 11.4 Å². The highest BCUT2D eigenvalue weighted by Gasteiger charge is 2.09. The number of carbonyl (C=O) groups excluding carboxylic acids is 1. The fraction of sp³-hybridized carbons (Fsp3) is 0. The molecule has 4 nitrogen and oxygen atoms in total. The molecule has 1 heterocycles. The van der Waals surface area contributed by atoms with E-state index in [0.29, 0.717) is 5.56 Å². The lowest BCUT2D eigenvalue weighted by molar-refractivity contribution is -0.384. The summed E-state index contributed by atoms with van der Waals surface area (Å²) < 4.78 is 0.765. The monoisotopic (exact) mass is 207 g/mol. The Morgan fingerprint density at radius 3 is 2.86 bits per heavy atom. The Kier molecular flexibility index (Phi) is 2.01. The van der Waals surface area contributed by atoms with Crippen LogP contribution in [-0.4, -0.2) is 11.2 Å². The maximum absolute atomic E-state index is 10.6. The van der Waals surface area contributed by atoms with Gasteiger partial charge in [-0.25, -0.2) is 0 Å². The number of nitrogens with zero attached hydrogens (tertiary/aromatic N) is 1. The van der Waals surface area contributed by atoms with Crippen molar-refractivity contribution in [2.24, 2.45) is 0 Å². The lowest BCUT2D eigenvalue weighted by Crippen LogP contribution is -1.86. The molecule has 0 N–H and O–H groups in total. The molecule has 1 aromatic heterocycles. The van der Waals surface area contributed by atoms with E-state index in [2.05, 4.69) is 0 Å². The number of rotatable bonds is 2. The van der Waals surface area contributed by atoms with E-state index in [4.69, 9.17) is 0 Å². The number of fused-ring (bicyclic) bond motifs is 1. The van der Waals surface area contributed by atoms with Crippen molar-refractivity contribution >= 4 is 33.4 Å². The van der Waals surface area contributed by atoms with E-state index in [0.717, 1.165) is 16.4 Å². The largest absolute Gasteiger partial charge is 0.298 e. The van der Waals surface area contributed by atoms with Crippen LogP contribution in [0.1, 0.15) is 10.4 Å². The van der Waals surface area contributed by atoms with Crippen molar-refractivity contribution < 1.29 is 9.72 Å². The van der Waals surface area contributed by atoms with Gasteiger partial charge in [0.1, 0.15) is 0 Å².